The maximum atomic E-state index is 12.0. The number of hydrogen-bond acceptors (Lipinski definition) is 3. The Hall–Kier alpha value is -1.84. The number of hydrogen-bond donors (Lipinski definition) is 2. The standard InChI is InChI=1S/C13H17NO3/c1-7-4-10(5-8(2)12(7)14)13(17)9(3)6-11(15)16/h4-5,9H,6,14H2,1-3H3,(H,15,16). The third kappa shape index (κ3) is 3.06. The maximum Gasteiger partial charge on any atom is 0.304 e. The van der Waals surface area contributed by atoms with Crippen LogP contribution in [0.3, 0.4) is 0 Å². The topological polar surface area (TPSA) is 80.4 Å². The van der Waals surface area contributed by atoms with Gasteiger partial charge in [0.2, 0.25) is 0 Å². The molecule has 1 rings (SSSR count). The van der Waals surface area contributed by atoms with Gasteiger partial charge < -0.3 is 10.8 Å². The van der Waals surface area contributed by atoms with Crippen molar-refractivity contribution in [1.82, 2.24) is 0 Å². The molecule has 17 heavy (non-hydrogen) atoms. The molecule has 1 aromatic carbocycles. The van der Waals surface area contributed by atoms with E-state index in [9.17, 15) is 9.59 Å². The zero-order valence-electron chi connectivity index (χ0n) is 10.3. The lowest BCUT2D eigenvalue weighted by Crippen LogP contribution is -2.16. The Kier molecular flexibility index (Phi) is 3.89. The van der Waals surface area contributed by atoms with Gasteiger partial charge >= 0.3 is 5.97 Å². The Balaban J connectivity index is 3.01. The predicted molar refractivity (Wildman–Crippen MR) is 66.1 cm³/mol. The summed E-state index contributed by atoms with van der Waals surface area (Å²) in [5.74, 6) is -1.64. The van der Waals surface area contributed by atoms with Crippen LogP contribution in [-0.4, -0.2) is 16.9 Å². The number of Topliss-reactive ketones (excluding diaryl/α,β-unsaturated/α-hetero) is 1. The molecule has 3 N–H and O–H groups in total. The van der Waals surface area contributed by atoms with E-state index in [2.05, 4.69) is 0 Å². The molecule has 4 heteroatoms. The summed E-state index contributed by atoms with van der Waals surface area (Å²) in [7, 11) is 0. The van der Waals surface area contributed by atoms with Crippen LogP contribution < -0.4 is 5.73 Å². The average Bonchev–Trinajstić information content (AvgIpc) is 2.23. The fraction of sp³-hybridized carbons (Fsp3) is 0.385. The minimum Gasteiger partial charge on any atom is -0.481 e. The Bertz CT molecular complexity index is 443. The summed E-state index contributed by atoms with van der Waals surface area (Å²) in [6.07, 6.45) is -0.151. The zero-order valence-corrected chi connectivity index (χ0v) is 10.3. The minimum atomic E-state index is -0.963. The average molecular weight is 235 g/mol. The van der Waals surface area contributed by atoms with Crippen molar-refractivity contribution in [3.63, 3.8) is 0 Å². The molecule has 1 atom stereocenters. The van der Waals surface area contributed by atoms with Crippen LogP contribution in [0.1, 0.15) is 34.8 Å². The van der Waals surface area contributed by atoms with Gasteiger partial charge in [-0.15, -0.1) is 0 Å². The molecule has 92 valence electrons. The lowest BCUT2D eigenvalue weighted by molar-refractivity contribution is -0.137. The van der Waals surface area contributed by atoms with Crippen molar-refractivity contribution in [2.24, 2.45) is 5.92 Å². The van der Waals surface area contributed by atoms with E-state index in [1.54, 1.807) is 19.1 Å². The van der Waals surface area contributed by atoms with Gasteiger partial charge in [0.25, 0.3) is 0 Å². The molecule has 0 aliphatic rings. The van der Waals surface area contributed by atoms with Crippen LogP contribution in [0.15, 0.2) is 12.1 Å². The van der Waals surface area contributed by atoms with E-state index in [4.69, 9.17) is 10.8 Å². The minimum absolute atomic E-state index is 0.151. The highest BCUT2D eigenvalue weighted by atomic mass is 16.4. The van der Waals surface area contributed by atoms with Gasteiger partial charge in [-0.2, -0.15) is 0 Å². The molecule has 0 amide bonds. The molecule has 1 aromatic rings. The van der Waals surface area contributed by atoms with Crippen molar-refractivity contribution in [1.29, 1.82) is 0 Å². The number of nitrogens with two attached hydrogens (primary N) is 1. The van der Waals surface area contributed by atoms with Crippen molar-refractivity contribution in [2.45, 2.75) is 27.2 Å². The van der Waals surface area contributed by atoms with Gasteiger partial charge in [0, 0.05) is 17.2 Å². The van der Waals surface area contributed by atoms with Gasteiger partial charge in [0.1, 0.15) is 0 Å². The molecular formula is C13H17NO3. The fourth-order valence-corrected chi connectivity index (χ4v) is 1.76. The second kappa shape index (κ2) is 4.99. The highest BCUT2D eigenvalue weighted by Crippen LogP contribution is 2.21. The molecular weight excluding hydrogens is 218 g/mol. The summed E-state index contributed by atoms with van der Waals surface area (Å²) in [6, 6.07) is 3.42. The van der Waals surface area contributed by atoms with E-state index >= 15 is 0 Å². The first kappa shape index (κ1) is 13.2. The first-order valence-electron chi connectivity index (χ1n) is 5.45. The molecule has 0 fully saturated rings. The highest BCUT2D eigenvalue weighted by molar-refractivity contribution is 5.99. The monoisotopic (exact) mass is 235 g/mol. The smallest absolute Gasteiger partial charge is 0.304 e. The molecule has 0 aliphatic heterocycles. The molecule has 0 heterocycles. The first-order valence-corrected chi connectivity index (χ1v) is 5.45. The van der Waals surface area contributed by atoms with Gasteiger partial charge in [-0.25, -0.2) is 0 Å². The Morgan fingerprint density at radius 2 is 1.76 bits per heavy atom. The van der Waals surface area contributed by atoms with E-state index in [-0.39, 0.29) is 12.2 Å². The van der Waals surface area contributed by atoms with Crippen molar-refractivity contribution in [2.75, 3.05) is 5.73 Å². The predicted octanol–water partition coefficient (Wildman–Crippen LogP) is 2.18. The number of aryl methyl sites for hydroxylation is 2. The molecule has 4 nitrogen and oxygen atoms in total. The number of ketones is 1. The zero-order chi connectivity index (χ0) is 13.2. The van der Waals surface area contributed by atoms with Gasteiger partial charge in [0.15, 0.2) is 5.78 Å². The molecule has 1 unspecified atom stereocenters. The van der Waals surface area contributed by atoms with Crippen LogP contribution in [0.25, 0.3) is 0 Å². The first-order chi connectivity index (χ1) is 7.82. The van der Waals surface area contributed by atoms with Crippen molar-refractivity contribution in [3.8, 4) is 0 Å². The number of anilines is 1. The maximum absolute atomic E-state index is 12.0. The van der Waals surface area contributed by atoms with E-state index in [0.717, 1.165) is 11.1 Å². The third-order valence-electron chi connectivity index (χ3n) is 2.81. The number of carboxylic acid groups (broad SMARTS) is 1. The Labute approximate surface area is 100 Å². The molecule has 0 radical (unpaired) electrons. The number of carbonyl (C=O) groups is 2. The second-order valence-electron chi connectivity index (χ2n) is 4.39. The normalized spacial score (nSPS) is 12.2. The van der Waals surface area contributed by atoms with Crippen LogP contribution in [0.5, 0.6) is 0 Å². The van der Waals surface area contributed by atoms with Crippen LogP contribution in [0.4, 0.5) is 5.69 Å². The van der Waals surface area contributed by atoms with Crippen LogP contribution in [-0.2, 0) is 4.79 Å². The molecule has 0 spiro atoms. The number of nitrogen functional groups attached to an aromatic ring is 1. The molecule has 0 aromatic heterocycles. The molecule has 0 saturated carbocycles. The Morgan fingerprint density at radius 1 is 1.29 bits per heavy atom. The SMILES string of the molecule is Cc1cc(C(=O)C(C)CC(=O)O)cc(C)c1N. The number of benzene rings is 1. The van der Waals surface area contributed by atoms with Crippen molar-refractivity contribution in [3.05, 3.63) is 28.8 Å². The number of carboxylic acids is 1. The lowest BCUT2D eigenvalue weighted by atomic mass is 9.93. The van der Waals surface area contributed by atoms with Gasteiger partial charge in [-0.1, -0.05) is 6.92 Å². The lowest BCUT2D eigenvalue weighted by Gasteiger charge is -2.11. The van der Waals surface area contributed by atoms with Gasteiger partial charge in [-0.05, 0) is 37.1 Å². The fourth-order valence-electron chi connectivity index (χ4n) is 1.76. The summed E-state index contributed by atoms with van der Waals surface area (Å²) in [5, 5.41) is 8.66. The van der Waals surface area contributed by atoms with Gasteiger partial charge in [-0.3, -0.25) is 9.59 Å². The Morgan fingerprint density at radius 3 is 2.18 bits per heavy atom. The van der Waals surface area contributed by atoms with Crippen molar-refractivity contribution >= 4 is 17.4 Å². The van der Waals surface area contributed by atoms with E-state index < -0.39 is 11.9 Å². The number of rotatable bonds is 4. The van der Waals surface area contributed by atoms with Gasteiger partial charge in [0.05, 0.1) is 6.42 Å². The molecule has 0 aliphatic carbocycles. The quantitative estimate of drug-likeness (QED) is 0.619. The van der Waals surface area contributed by atoms with E-state index in [1.165, 1.54) is 0 Å². The number of aliphatic carboxylic acids is 1. The number of carbonyl (C=O) groups excluding carboxylic acids is 1. The third-order valence-corrected chi connectivity index (χ3v) is 2.81. The van der Waals surface area contributed by atoms with Crippen LogP contribution in [0, 0.1) is 19.8 Å². The van der Waals surface area contributed by atoms with Crippen molar-refractivity contribution < 1.29 is 14.7 Å². The second-order valence-corrected chi connectivity index (χ2v) is 4.39. The van der Waals surface area contributed by atoms with Crippen LogP contribution in [0.2, 0.25) is 0 Å². The largest absolute Gasteiger partial charge is 0.481 e. The van der Waals surface area contributed by atoms with E-state index in [1.807, 2.05) is 13.8 Å². The summed E-state index contributed by atoms with van der Waals surface area (Å²) in [6.45, 7) is 5.29. The molecule has 0 saturated heterocycles. The highest BCUT2D eigenvalue weighted by Gasteiger charge is 2.19. The summed E-state index contributed by atoms with van der Waals surface area (Å²) < 4.78 is 0. The summed E-state index contributed by atoms with van der Waals surface area (Å²) in [4.78, 5) is 22.6. The summed E-state index contributed by atoms with van der Waals surface area (Å²) >= 11 is 0. The molecule has 0 bridgehead atoms. The van der Waals surface area contributed by atoms with E-state index in [0.29, 0.717) is 11.3 Å². The summed E-state index contributed by atoms with van der Waals surface area (Å²) in [5.41, 5.74) is 8.69. The van der Waals surface area contributed by atoms with Crippen LogP contribution >= 0.6 is 0 Å².